The van der Waals surface area contributed by atoms with Crippen molar-refractivity contribution in [3.05, 3.63) is 23.3 Å². The van der Waals surface area contributed by atoms with Gasteiger partial charge in [0.1, 0.15) is 0 Å². The summed E-state index contributed by atoms with van der Waals surface area (Å²) < 4.78 is 38.0. The van der Waals surface area contributed by atoms with E-state index < -0.39 is 5.97 Å². The first-order valence-corrected chi connectivity index (χ1v) is 8.34. The zero-order chi connectivity index (χ0) is 19.8. The van der Waals surface area contributed by atoms with Crippen molar-refractivity contribution >= 4 is 5.97 Å². The summed E-state index contributed by atoms with van der Waals surface area (Å²) in [5, 5.41) is 10.0. The Morgan fingerprint density at radius 3 is 1.96 bits per heavy atom. The second kappa shape index (κ2) is 7.01. The number of rotatable bonds is 5. The topological polar surface area (TPSA) is 102 Å². The molecule has 4 rings (SSSR count). The summed E-state index contributed by atoms with van der Waals surface area (Å²) in [6.07, 6.45) is 0. The maximum Gasteiger partial charge on any atom is 0.338 e. The van der Waals surface area contributed by atoms with Crippen LogP contribution in [0, 0.1) is 0 Å². The second-order valence-corrected chi connectivity index (χ2v) is 5.89. The predicted octanol–water partition coefficient (Wildman–Crippen LogP) is 2.11. The largest absolute Gasteiger partial charge is 0.493 e. The van der Waals surface area contributed by atoms with Gasteiger partial charge in [-0.3, -0.25) is 0 Å². The zero-order valence-electron chi connectivity index (χ0n) is 15.5. The highest BCUT2D eigenvalue weighted by molar-refractivity contribution is 6.03. The van der Waals surface area contributed by atoms with Crippen LogP contribution in [-0.4, -0.2) is 46.0 Å². The molecule has 2 aromatic carbocycles. The Morgan fingerprint density at radius 2 is 1.43 bits per heavy atom. The van der Waals surface area contributed by atoms with E-state index in [0.29, 0.717) is 45.4 Å². The molecular formula is C19H18O9. The number of aliphatic hydroxyl groups excluding tert-OH is 1. The molecule has 0 aliphatic carbocycles. The third-order valence-corrected chi connectivity index (χ3v) is 4.56. The van der Waals surface area contributed by atoms with Crippen LogP contribution in [0.25, 0.3) is 11.1 Å². The van der Waals surface area contributed by atoms with Gasteiger partial charge in [0.2, 0.25) is 25.1 Å². The van der Waals surface area contributed by atoms with Gasteiger partial charge in [-0.15, -0.1) is 0 Å². The molecule has 1 N–H and O–H groups in total. The van der Waals surface area contributed by atoms with Crippen LogP contribution < -0.4 is 28.4 Å². The molecule has 9 nitrogen and oxygen atoms in total. The van der Waals surface area contributed by atoms with E-state index in [0.717, 1.165) is 0 Å². The van der Waals surface area contributed by atoms with Crippen LogP contribution in [0.4, 0.5) is 0 Å². The molecule has 0 saturated carbocycles. The minimum absolute atomic E-state index is 0.0309. The maximum absolute atomic E-state index is 12.6. The van der Waals surface area contributed by atoms with Gasteiger partial charge in [0.05, 0.1) is 33.5 Å². The molecule has 28 heavy (non-hydrogen) atoms. The minimum Gasteiger partial charge on any atom is -0.493 e. The summed E-state index contributed by atoms with van der Waals surface area (Å²) in [6, 6.07) is 3.12. The highest BCUT2D eigenvalue weighted by atomic mass is 16.7. The van der Waals surface area contributed by atoms with E-state index in [1.54, 1.807) is 6.07 Å². The van der Waals surface area contributed by atoms with Crippen LogP contribution in [0.5, 0.6) is 34.5 Å². The van der Waals surface area contributed by atoms with Gasteiger partial charge < -0.3 is 38.3 Å². The first-order valence-electron chi connectivity index (χ1n) is 8.34. The van der Waals surface area contributed by atoms with Crippen molar-refractivity contribution in [3.8, 4) is 45.6 Å². The number of methoxy groups -OCH3 is 3. The van der Waals surface area contributed by atoms with E-state index in [1.807, 2.05) is 0 Å². The molecule has 0 amide bonds. The van der Waals surface area contributed by atoms with E-state index in [9.17, 15) is 9.90 Å². The highest BCUT2D eigenvalue weighted by Crippen LogP contribution is 2.56. The lowest BCUT2D eigenvalue weighted by atomic mass is 9.92. The van der Waals surface area contributed by atoms with Crippen LogP contribution in [0.1, 0.15) is 15.9 Å². The van der Waals surface area contributed by atoms with Gasteiger partial charge in [-0.2, -0.15) is 0 Å². The van der Waals surface area contributed by atoms with Gasteiger partial charge in [0.15, 0.2) is 23.0 Å². The van der Waals surface area contributed by atoms with Crippen molar-refractivity contribution < 1.29 is 43.1 Å². The predicted molar refractivity (Wildman–Crippen MR) is 94.5 cm³/mol. The Kier molecular flexibility index (Phi) is 4.52. The van der Waals surface area contributed by atoms with E-state index in [2.05, 4.69) is 0 Å². The van der Waals surface area contributed by atoms with Crippen LogP contribution in [0.3, 0.4) is 0 Å². The highest BCUT2D eigenvalue weighted by Gasteiger charge is 2.35. The number of hydrogen-bond acceptors (Lipinski definition) is 9. The summed E-state index contributed by atoms with van der Waals surface area (Å²) in [4.78, 5) is 12.6. The number of carbonyl (C=O) groups is 1. The van der Waals surface area contributed by atoms with Crippen molar-refractivity contribution in [1.82, 2.24) is 0 Å². The lowest BCUT2D eigenvalue weighted by Crippen LogP contribution is -2.07. The SMILES string of the molecule is COC(=O)c1cc(OC)c2c(c1-c1c(CO)cc(OC)c3c1OCO3)OCO2. The number of esters is 1. The summed E-state index contributed by atoms with van der Waals surface area (Å²) in [7, 11) is 4.22. The Hall–Kier alpha value is -3.33. The van der Waals surface area contributed by atoms with Crippen molar-refractivity contribution in [2.45, 2.75) is 6.61 Å². The van der Waals surface area contributed by atoms with Gasteiger partial charge in [-0.25, -0.2) is 4.79 Å². The van der Waals surface area contributed by atoms with Crippen molar-refractivity contribution in [3.63, 3.8) is 0 Å². The van der Waals surface area contributed by atoms with Gasteiger partial charge in [-0.05, 0) is 17.7 Å². The maximum atomic E-state index is 12.6. The average molecular weight is 390 g/mol. The number of benzene rings is 2. The number of ether oxygens (including phenoxy) is 7. The summed E-state index contributed by atoms with van der Waals surface area (Å²) >= 11 is 0. The fourth-order valence-corrected chi connectivity index (χ4v) is 3.35. The first-order chi connectivity index (χ1) is 13.6. The Labute approximate surface area is 160 Å². The molecule has 0 fully saturated rings. The molecule has 0 atom stereocenters. The third-order valence-electron chi connectivity index (χ3n) is 4.56. The Bertz CT molecular complexity index is 951. The van der Waals surface area contributed by atoms with Gasteiger partial charge in [0, 0.05) is 11.1 Å². The molecule has 2 aliphatic heterocycles. The van der Waals surface area contributed by atoms with Crippen LogP contribution >= 0.6 is 0 Å². The summed E-state index contributed by atoms with van der Waals surface area (Å²) in [6.45, 7) is -0.422. The molecule has 0 spiro atoms. The Balaban J connectivity index is 2.10. The van der Waals surface area contributed by atoms with Gasteiger partial charge in [0.25, 0.3) is 0 Å². The smallest absolute Gasteiger partial charge is 0.338 e. The number of fused-ring (bicyclic) bond motifs is 2. The molecule has 9 heteroatoms. The molecule has 148 valence electrons. The quantitative estimate of drug-likeness (QED) is 0.769. The molecule has 0 radical (unpaired) electrons. The van der Waals surface area contributed by atoms with Crippen molar-refractivity contribution in [2.24, 2.45) is 0 Å². The zero-order valence-corrected chi connectivity index (χ0v) is 15.5. The second-order valence-electron chi connectivity index (χ2n) is 5.89. The van der Waals surface area contributed by atoms with Gasteiger partial charge in [-0.1, -0.05) is 0 Å². The summed E-state index contributed by atoms with van der Waals surface area (Å²) in [5.41, 5.74) is 1.41. The van der Waals surface area contributed by atoms with Crippen molar-refractivity contribution in [2.75, 3.05) is 34.9 Å². The van der Waals surface area contributed by atoms with Gasteiger partial charge >= 0.3 is 5.97 Å². The van der Waals surface area contributed by atoms with E-state index in [-0.39, 0.29) is 31.5 Å². The molecule has 0 saturated heterocycles. The molecule has 2 aliphatic rings. The van der Waals surface area contributed by atoms with E-state index >= 15 is 0 Å². The standard InChI is InChI=1S/C19H18O9/c1-22-11-4-9(6-20)13(17-15(11)25-7-27-17)14-10(19(21)24-3)5-12(23-2)16-18(14)28-8-26-16/h4-5,20H,6-8H2,1-3H3. The third kappa shape index (κ3) is 2.55. The lowest BCUT2D eigenvalue weighted by Gasteiger charge is -2.18. The number of carbonyl (C=O) groups excluding carboxylic acids is 1. The molecule has 0 bridgehead atoms. The average Bonchev–Trinajstić information content (AvgIpc) is 3.40. The Morgan fingerprint density at radius 1 is 0.893 bits per heavy atom. The minimum atomic E-state index is -0.612. The van der Waals surface area contributed by atoms with Crippen molar-refractivity contribution in [1.29, 1.82) is 0 Å². The fourth-order valence-electron chi connectivity index (χ4n) is 3.35. The van der Waals surface area contributed by atoms with E-state index in [1.165, 1.54) is 27.4 Å². The summed E-state index contributed by atoms with van der Waals surface area (Å²) in [5.74, 6) is 1.45. The monoisotopic (exact) mass is 390 g/mol. The molecule has 0 unspecified atom stereocenters. The number of aliphatic hydroxyl groups is 1. The lowest BCUT2D eigenvalue weighted by molar-refractivity contribution is 0.0601. The van der Waals surface area contributed by atoms with E-state index in [4.69, 9.17) is 33.2 Å². The normalized spacial score (nSPS) is 13.4. The number of hydrogen-bond donors (Lipinski definition) is 1. The molecule has 2 heterocycles. The van der Waals surface area contributed by atoms with Crippen LogP contribution in [0.15, 0.2) is 12.1 Å². The first kappa shape index (κ1) is 18.1. The molecule has 0 aromatic heterocycles. The molecule has 2 aromatic rings. The molecular weight excluding hydrogens is 372 g/mol. The van der Waals surface area contributed by atoms with Crippen LogP contribution in [-0.2, 0) is 11.3 Å². The van der Waals surface area contributed by atoms with Crippen LogP contribution in [0.2, 0.25) is 0 Å². The fraction of sp³-hybridized carbons (Fsp3) is 0.316.